The quantitative estimate of drug-likeness (QED) is 0.848. The zero-order chi connectivity index (χ0) is 12.8. The highest BCUT2D eigenvalue weighted by Crippen LogP contribution is 2.23. The minimum atomic E-state index is 0.0914. The molecule has 0 aliphatic carbocycles. The van der Waals surface area contributed by atoms with Gasteiger partial charge in [-0.2, -0.15) is 0 Å². The SMILES string of the molecule is CCc1cc(C(=O)N(CC)CCCO)sc1C. The highest BCUT2D eigenvalue weighted by atomic mass is 32.1. The Kier molecular flexibility index (Phi) is 5.65. The molecule has 1 aromatic rings. The molecule has 1 aromatic heterocycles. The molecule has 0 spiro atoms. The number of aliphatic hydroxyl groups is 1. The summed E-state index contributed by atoms with van der Waals surface area (Å²) in [6.07, 6.45) is 1.61. The molecule has 4 heteroatoms. The van der Waals surface area contributed by atoms with Gasteiger partial charge in [0.15, 0.2) is 0 Å². The Bertz CT molecular complexity index is 373. The van der Waals surface area contributed by atoms with Crippen LogP contribution in [0.1, 0.15) is 40.4 Å². The zero-order valence-corrected chi connectivity index (χ0v) is 11.6. The van der Waals surface area contributed by atoms with Gasteiger partial charge in [-0.25, -0.2) is 0 Å². The van der Waals surface area contributed by atoms with Gasteiger partial charge in [-0.05, 0) is 38.3 Å². The van der Waals surface area contributed by atoms with Crippen LogP contribution < -0.4 is 0 Å². The van der Waals surface area contributed by atoms with E-state index in [0.29, 0.717) is 19.5 Å². The van der Waals surface area contributed by atoms with Crippen molar-refractivity contribution in [1.29, 1.82) is 0 Å². The summed E-state index contributed by atoms with van der Waals surface area (Å²) < 4.78 is 0. The van der Waals surface area contributed by atoms with E-state index in [1.807, 2.05) is 13.0 Å². The lowest BCUT2D eigenvalue weighted by atomic mass is 10.2. The fraction of sp³-hybridized carbons (Fsp3) is 0.615. The van der Waals surface area contributed by atoms with Crippen LogP contribution in [0.4, 0.5) is 0 Å². The number of hydrogen-bond donors (Lipinski definition) is 1. The Morgan fingerprint density at radius 1 is 1.47 bits per heavy atom. The van der Waals surface area contributed by atoms with E-state index in [4.69, 9.17) is 5.11 Å². The van der Waals surface area contributed by atoms with Crippen LogP contribution in [0.2, 0.25) is 0 Å². The Balaban J connectivity index is 2.78. The van der Waals surface area contributed by atoms with Crippen LogP contribution in [0.15, 0.2) is 6.07 Å². The first-order chi connectivity index (χ1) is 8.13. The first-order valence-corrected chi connectivity index (χ1v) is 6.95. The van der Waals surface area contributed by atoms with Gasteiger partial charge in [-0.1, -0.05) is 6.92 Å². The molecule has 0 radical (unpaired) electrons. The molecule has 0 bridgehead atoms. The molecule has 96 valence electrons. The van der Waals surface area contributed by atoms with Crippen LogP contribution in [-0.4, -0.2) is 35.6 Å². The predicted molar refractivity (Wildman–Crippen MR) is 71.7 cm³/mol. The summed E-state index contributed by atoms with van der Waals surface area (Å²) in [6.45, 7) is 7.59. The van der Waals surface area contributed by atoms with Crippen molar-refractivity contribution in [2.45, 2.75) is 33.6 Å². The van der Waals surface area contributed by atoms with Gasteiger partial charge in [-0.3, -0.25) is 4.79 Å². The first kappa shape index (κ1) is 14.2. The number of carbonyl (C=O) groups excluding carboxylic acids is 1. The molecule has 0 saturated carbocycles. The van der Waals surface area contributed by atoms with E-state index >= 15 is 0 Å². The van der Waals surface area contributed by atoms with E-state index in [1.54, 1.807) is 16.2 Å². The number of rotatable bonds is 6. The Hall–Kier alpha value is -0.870. The van der Waals surface area contributed by atoms with Crippen LogP contribution >= 0.6 is 11.3 Å². The van der Waals surface area contributed by atoms with E-state index < -0.39 is 0 Å². The van der Waals surface area contributed by atoms with Crippen molar-refractivity contribution in [3.8, 4) is 0 Å². The Morgan fingerprint density at radius 2 is 2.18 bits per heavy atom. The number of aliphatic hydroxyl groups excluding tert-OH is 1. The summed E-state index contributed by atoms with van der Waals surface area (Å²) in [5, 5.41) is 8.81. The molecule has 0 aromatic carbocycles. The second-order valence-electron chi connectivity index (χ2n) is 4.01. The lowest BCUT2D eigenvalue weighted by Crippen LogP contribution is -2.31. The van der Waals surface area contributed by atoms with Gasteiger partial charge in [0.05, 0.1) is 4.88 Å². The van der Waals surface area contributed by atoms with E-state index in [-0.39, 0.29) is 12.5 Å². The van der Waals surface area contributed by atoms with Crippen molar-refractivity contribution in [3.63, 3.8) is 0 Å². The standard InChI is InChI=1S/C13H21NO2S/c1-4-11-9-12(17-10(11)3)13(16)14(5-2)7-6-8-15/h9,15H,4-8H2,1-3H3. The smallest absolute Gasteiger partial charge is 0.263 e. The lowest BCUT2D eigenvalue weighted by molar-refractivity contribution is 0.0759. The van der Waals surface area contributed by atoms with Gasteiger partial charge in [-0.15, -0.1) is 11.3 Å². The highest BCUT2D eigenvalue weighted by molar-refractivity contribution is 7.14. The van der Waals surface area contributed by atoms with Gasteiger partial charge in [0.2, 0.25) is 0 Å². The van der Waals surface area contributed by atoms with E-state index in [2.05, 4.69) is 13.8 Å². The van der Waals surface area contributed by atoms with Crippen LogP contribution in [0.25, 0.3) is 0 Å². The van der Waals surface area contributed by atoms with Gasteiger partial charge < -0.3 is 10.0 Å². The Labute approximate surface area is 107 Å². The average Bonchev–Trinajstić information content (AvgIpc) is 2.71. The van der Waals surface area contributed by atoms with Gasteiger partial charge in [0, 0.05) is 24.6 Å². The summed E-state index contributed by atoms with van der Waals surface area (Å²) in [4.78, 5) is 16.1. The van der Waals surface area contributed by atoms with Gasteiger partial charge in [0.1, 0.15) is 0 Å². The molecular weight excluding hydrogens is 234 g/mol. The molecule has 1 rings (SSSR count). The van der Waals surface area contributed by atoms with E-state index in [0.717, 1.165) is 11.3 Å². The summed E-state index contributed by atoms with van der Waals surface area (Å²) in [6, 6.07) is 2.00. The fourth-order valence-electron chi connectivity index (χ4n) is 1.80. The zero-order valence-electron chi connectivity index (χ0n) is 10.8. The summed E-state index contributed by atoms with van der Waals surface area (Å²) in [5.41, 5.74) is 1.26. The molecule has 1 N–H and O–H groups in total. The minimum Gasteiger partial charge on any atom is -0.396 e. The third kappa shape index (κ3) is 3.54. The lowest BCUT2D eigenvalue weighted by Gasteiger charge is -2.19. The first-order valence-electron chi connectivity index (χ1n) is 6.13. The molecule has 0 unspecified atom stereocenters. The summed E-state index contributed by atoms with van der Waals surface area (Å²) in [7, 11) is 0. The van der Waals surface area contributed by atoms with Crippen LogP contribution in [0.3, 0.4) is 0 Å². The molecule has 0 aliphatic rings. The number of carbonyl (C=O) groups is 1. The number of nitrogens with zero attached hydrogens (tertiary/aromatic N) is 1. The van der Waals surface area contributed by atoms with Crippen molar-refractivity contribution in [1.82, 2.24) is 4.90 Å². The second kappa shape index (κ2) is 6.77. The van der Waals surface area contributed by atoms with E-state index in [9.17, 15) is 4.79 Å². The average molecular weight is 255 g/mol. The van der Waals surface area contributed by atoms with Crippen molar-refractivity contribution in [2.24, 2.45) is 0 Å². The molecule has 1 heterocycles. The number of hydrogen-bond acceptors (Lipinski definition) is 3. The predicted octanol–water partition coefficient (Wildman–Crippen LogP) is 2.46. The number of aryl methyl sites for hydroxylation is 2. The molecule has 0 saturated heterocycles. The molecule has 3 nitrogen and oxygen atoms in total. The van der Waals surface area contributed by atoms with Gasteiger partial charge in [0.25, 0.3) is 5.91 Å². The van der Waals surface area contributed by atoms with Crippen molar-refractivity contribution in [2.75, 3.05) is 19.7 Å². The monoisotopic (exact) mass is 255 g/mol. The fourth-order valence-corrected chi connectivity index (χ4v) is 2.88. The largest absolute Gasteiger partial charge is 0.396 e. The number of amides is 1. The molecule has 0 aliphatic heterocycles. The second-order valence-corrected chi connectivity index (χ2v) is 5.26. The molecule has 17 heavy (non-hydrogen) atoms. The van der Waals surface area contributed by atoms with E-state index in [1.165, 1.54) is 10.4 Å². The maximum absolute atomic E-state index is 12.2. The van der Waals surface area contributed by atoms with Crippen LogP contribution in [0, 0.1) is 6.92 Å². The normalized spacial score (nSPS) is 10.6. The topological polar surface area (TPSA) is 40.5 Å². The van der Waals surface area contributed by atoms with Crippen LogP contribution in [0.5, 0.6) is 0 Å². The highest BCUT2D eigenvalue weighted by Gasteiger charge is 2.17. The van der Waals surface area contributed by atoms with Gasteiger partial charge >= 0.3 is 0 Å². The summed E-state index contributed by atoms with van der Waals surface area (Å²) >= 11 is 1.57. The van der Waals surface area contributed by atoms with Crippen molar-refractivity contribution < 1.29 is 9.90 Å². The molecular formula is C13H21NO2S. The molecule has 0 atom stereocenters. The third-order valence-corrected chi connectivity index (χ3v) is 3.95. The third-order valence-electron chi connectivity index (χ3n) is 2.87. The van der Waals surface area contributed by atoms with Crippen molar-refractivity contribution in [3.05, 3.63) is 21.4 Å². The van der Waals surface area contributed by atoms with Crippen molar-refractivity contribution >= 4 is 17.2 Å². The molecule has 1 amide bonds. The Morgan fingerprint density at radius 3 is 2.65 bits per heavy atom. The molecule has 0 fully saturated rings. The number of thiophene rings is 1. The van der Waals surface area contributed by atoms with Crippen LogP contribution in [-0.2, 0) is 6.42 Å². The summed E-state index contributed by atoms with van der Waals surface area (Å²) in [5.74, 6) is 0.0914. The minimum absolute atomic E-state index is 0.0914. The maximum atomic E-state index is 12.2. The maximum Gasteiger partial charge on any atom is 0.263 e.